The van der Waals surface area contributed by atoms with Gasteiger partial charge in [-0.3, -0.25) is 0 Å². The predicted octanol–water partition coefficient (Wildman–Crippen LogP) is 3.18. The van der Waals surface area contributed by atoms with Crippen molar-refractivity contribution in [2.24, 2.45) is 0 Å². The number of hydrogen-bond acceptors (Lipinski definition) is 7. The van der Waals surface area contributed by atoms with Crippen molar-refractivity contribution in [1.29, 1.82) is 0 Å². The fraction of sp³-hybridized carbons (Fsp3) is 0.455. The van der Waals surface area contributed by atoms with E-state index in [9.17, 15) is 9.90 Å². The minimum Gasteiger partial charge on any atom is -0.477 e. The molecule has 162 valence electrons. The van der Waals surface area contributed by atoms with Crippen molar-refractivity contribution in [3.63, 3.8) is 0 Å². The molecule has 31 heavy (non-hydrogen) atoms. The van der Waals surface area contributed by atoms with Crippen molar-refractivity contribution >= 4 is 34.5 Å². The van der Waals surface area contributed by atoms with E-state index in [4.69, 9.17) is 0 Å². The molecular weight excluding hydrogens is 394 g/mol. The molecule has 0 unspecified atom stereocenters. The van der Waals surface area contributed by atoms with Crippen LogP contribution in [0.4, 0.5) is 17.5 Å². The predicted molar refractivity (Wildman–Crippen MR) is 119 cm³/mol. The number of pyridine rings is 1. The van der Waals surface area contributed by atoms with Crippen molar-refractivity contribution in [2.45, 2.75) is 44.7 Å². The number of carboxylic acid groups (broad SMARTS) is 1. The number of nitrogens with one attached hydrogen (secondary N) is 2. The largest absolute Gasteiger partial charge is 0.477 e. The molecule has 9 nitrogen and oxygen atoms in total. The fourth-order valence-electron chi connectivity index (χ4n) is 4.69. The summed E-state index contributed by atoms with van der Waals surface area (Å²) in [5.41, 5.74) is 2.03. The highest BCUT2D eigenvalue weighted by atomic mass is 16.4. The first-order valence-corrected chi connectivity index (χ1v) is 10.9. The molecule has 0 spiro atoms. The first kappa shape index (κ1) is 19.7. The molecule has 4 heterocycles. The van der Waals surface area contributed by atoms with Crippen molar-refractivity contribution in [2.75, 3.05) is 29.9 Å². The molecule has 0 bridgehead atoms. The zero-order valence-electron chi connectivity index (χ0n) is 17.6. The third-order valence-electron chi connectivity index (χ3n) is 6.21. The Labute approximate surface area is 180 Å². The van der Waals surface area contributed by atoms with E-state index in [0.29, 0.717) is 23.5 Å². The molecule has 1 saturated carbocycles. The second-order valence-electron chi connectivity index (χ2n) is 8.44. The van der Waals surface area contributed by atoms with Crippen LogP contribution in [0.5, 0.6) is 0 Å². The van der Waals surface area contributed by atoms with Crippen LogP contribution in [0.1, 0.15) is 49.1 Å². The average molecular weight is 422 g/mol. The maximum absolute atomic E-state index is 11.8. The van der Waals surface area contributed by atoms with E-state index in [1.54, 1.807) is 12.3 Å². The van der Waals surface area contributed by atoms with Crippen molar-refractivity contribution in [3.05, 3.63) is 36.3 Å². The van der Waals surface area contributed by atoms with Gasteiger partial charge in [-0.1, -0.05) is 12.8 Å². The summed E-state index contributed by atoms with van der Waals surface area (Å²) in [5.74, 6) is 0.139. The van der Waals surface area contributed by atoms with Gasteiger partial charge in [0.25, 0.3) is 0 Å². The van der Waals surface area contributed by atoms with Crippen LogP contribution in [-0.2, 0) is 0 Å². The maximum atomic E-state index is 11.8. The van der Waals surface area contributed by atoms with Crippen molar-refractivity contribution in [3.8, 4) is 0 Å². The molecule has 1 saturated heterocycles. The normalized spacial score (nSPS) is 19.8. The summed E-state index contributed by atoms with van der Waals surface area (Å²) in [6.45, 7) is 5.06. The zero-order valence-corrected chi connectivity index (χ0v) is 17.6. The molecule has 1 aliphatic carbocycles. The van der Waals surface area contributed by atoms with Gasteiger partial charge in [-0.25, -0.2) is 14.8 Å². The maximum Gasteiger partial charge on any atom is 0.352 e. The second-order valence-corrected chi connectivity index (χ2v) is 8.44. The highest BCUT2D eigenvalue weighted by Gasteiger charge is 2.25. The Morgan fingerprint density at radius 1 is 1.23 bits per heavy atom. The number of carbonyl (C=O) groups is 1. The lowest BCUT2D eigenvalue weighted by Gasteiger charge is -2.33. The van der Waals surface area contributed by atoms with Gasteiger partial charge in [0.1, 0.15) is 17.2 Å². The number of aromatic carboxylic acids is 1. The molecule has 2 fully saturated rings. The molecule has 0 radical (unpaired) electrons. The molecule has 0 aromatic carbocycles. The Morgan fingerprint density at radius 2 is 2.06 bits per heavy atom. The smallest absolute Gasteiger partial charge is 0.352 e. The molecule has 3 aromatic rings. The molecule has 5 rings (SSSR count). The molecule has 9 heteroatoms. The van der Waals surface area contributed by atoms with Crippen LogP contribution >= 0.6 is 0 Å². The van der Waals surface area contributed by atoms with Crippen LogP contribution in [0.3, 0.4) is 0 Å². The minimum atomic E-state index is -0.932. The number of piperazine rings is 1. The van der Waals surface area contributed by atoms with Crippen LogP contribution in [0.2, 0.25) is 0 Å². The van der Waals surface area contributed by atoms with Gasteiger partial charge in [0, 0.05) is 43.3 Å². The van der Waals surface area contributed by atoms with E-state index in [2.05, 4.69) is 43.5 Å². The number of aromatic nitrogens is 4. The summed E-state index contributed by atoms with van der Waals surface area (Å²) in [5, 5.41) is 17.0. The Kier molecular flexibility index (Phi) is 5.19. The van der Waals surface area contributed by atoms with E-state index in [1.165, 1.54) is 0 Å². The van der Waals surface area contributed by atoms with Crippen LogP contribution in [0, 0.1) is 0 Å². The van der Waals surface area contributed by atoms with Gasteiger partial charge in [0.15, 0.2) is 0 Å². The van der Waals surface area contributed by atoms with Gasteiger partial charge < -0.3 is 25.2 Å². The standard InChI is InChI=1S/C22H27N7O2/c1-14-13-28(9-8-23-14)17-6-7-19(24-12-17)26-22-25-11-15-10-18(21(30)31)29(20(15)27-22)16-4-2-3-5-16/h6-7,10-12,14,16,23H,2-5,8-9,13H2,1H3,(H,30,31)(H,24,25,26,27)/t14-/m1/s1. The summed E-state index contributed by atoms with van der Waals surface area (Å²) < 4.78 is 1.87. The molecule has 0 amide bonds. The number of anilines is 3. The highest BCUT2D eigenvalue weighted by molar-refractivity contribution is 5.93. The number of nitrogens with zero attached hydrogens (tertiary/aromatic N) is 5. The van der Waals surface area contributed by atoms with E-state index < -0.39 is 5.97 Å². The monoisotopic (exact) mass is 421 g/mol. The lowest BCUT2D eigenvalue weighted by atomic mass is 10.2. The highest BCUT2D eigenvalue weighted by Crippen LogP contribution is 2.34. The second kappa shape index (κ2) is 8.14. The van der Waals surface area contributed by atoms with Gasteiger partial charge in [0.2, 0.25) is 5.95 Å². The SMILES string of the molecule is C[C@@H]1CN(c2ccc(Nc3ncc4cc(C(=O)O)n(C5CCCC5)c4n3)nc2)CCN1. The van der Waals surface area contributed by atoms with E-state index in [0.717, 1.165) is 56.4 Å². The van der Waals surface area contributed by atoms with E-state index >= 15 is 0 Å². The van der Waals surface area contributed by atoms with Crippen LogP contribution < -0.4 is 15.5 Å². The summed E-state index contributed by atoms with van der Waals surface area (Å²) in [6, 6.07) is 6.27. The van der Waals surface area contributed by atoms with E-state index in [-0.39, 0.29) is 11.7 Å². The Morgan fingerprint density at radius 3 is 2.77 bits per heavy atom. The van der Waals surface area contributed by atoms with Crippen LogP contribution in [0.25, 0.3) is 11.0 Å². The minimum absolute atomic E-state index is 0.171. The first-order chi connectivity index (χ1) is 15.1. The molecule has 3 aromatic heterocycles. The quantitative estimate of drug-likeness (QED) is 0.576. The van der Waals surface area contributed by atoms with E-state index in [1.807, 2.05) is 16.8 Å². The summed E-state index contributed by atoms with van der Waals surface area (Å²) in [7, 11) is 0. The summed E-state index contributed by atoms with van der Waals surface area (Å²) in [4.78, 5) is 27.7. The number of rotatable bonds is 5. The van der Waals surface area contributed by atoms with Crippen LogP contribution in [-0.4, -0.2) is 56.3 Å². The van der Waals surface area contributed by atoms with Crippen molar-refractivity contribution in [1.82, 2.24) is 24.8 Å². The van der Waals surface area contributed by atoms with Gasteiger partial charge in [-0.2, -0.15) is 4.98 Å². The Hall–Kier alpha value is -3.20. The topological polar surface area (TPSA) is 108 Å². The van der Waals surface area contributed by atoms with Gasteiger partial charge in [-0.05, 0) is 38.0 Å². The summed E-state index contributed by atoms with van der Waals surface area (Å²) in [6.07, 6.45) is 7.72. The molecule has 3 N–H and O–H groups in total. The molecule has 1 aliphatic heterocycles. The lowest BCUT2D eigenvalue weighted by molar-refractivity contribution is 0.0683. The number of fused-ring (bicyclic) bond motifs is 1. The Balaban J connectivity index is 1.40. The third-order valence-corrected chi connectivity index (χ3v) is 6.21. The number of hydrogen-bond donors (Lipinski definition) is 3. The van der Waals surface area contributed by atoms with Crippen molar-refractivity contribution < 1.29 is 9.90 Å². The fourth-order valence-corrected chi connectivity index (χ4v) is 4.69. The molecular formula is C22H27N7O2. The number of carboxylic acids is 1. The van der Waals surface area contributed by atoms with Gasteiger partial charge >= 0.3 is 5.97 Å². The van der Waals surface area contributed by atoms with Gasteiger partial charge in [-0.15, -0.1) is 0 Å². The third kappa shape index (κ3) is 3.93. The van der Waals surface area contributed by atoms with Gasteiger partial charge in [0.05, 0.1) is 11.9 Å². The molecule has 1 atom stereocenters. The average Bonchev–Trinajstić information content (AvgIpc) is 3.41. The summed E-state index contributed by atoms with van der Waals surface area (Å²) >= 11 is 0. The Bertz CT molecular complexity index is 1090. The van der Waals surface area contributed by atoms with Crippen LogP contribution in [0.15, 0.2) is 30.6 Å². The zero-order chi connectivity index (χ0) is 21.4. The first-order valence-electron chi connectivity index (χ1n) is 10.9. The lowest BCUT2D eigenvalue weighted by Crippen LogP contribution is -2.49. The molecule has 2 aliphatic rings.